The predicted molar refractivity (Wildman–Crippen MR) is 87.2 cm³/mol. The van der Waals surface area contributed by atoms with E-state index in [1.54, 1.807) is 19.1 Å². The highest BCUT2D eigenvalue weighted by Crippen LogP contribution is 2.25. The molecular weight excluding hydrogens is 327 g/mol. The molecule has 0 radical (unpaired) electrons. The molecule has 0 saturated carbocycles. The van der Waals surface area contributed by atoms with E-state index in [2.05, 4.69) is 10.6 Å². The highest BCUT2D eigenvalue weighted by molar-refractivity contribution is 6.42. The van der Waals surface area contributed by atoms with Crippen LogP contribution in [0.3, 0.4) is 0 Å². The fourth-order valence-electron chi connectivity index (χ4n) is 1.80. The van der Waals surface area contributed by atoms with Crippen molar-refractivity contribution in [2.75, 3.05) is 10.6 Å². The van der Waals surface area contributed by atoms with Gasteiger partial charge in [-0.1, -0.05) is 23.2 Å². The first kappa shape index (κ1) is 16.1. The van der Waals surface area contributed by atoms with E-state index in [-0.39, 0.29) is 5.56 Å². The maximum Gasteiger partial charge on any atom is 0.335 e. The molecule has 3 N–H and O–H groups in total. The number of amides is 2. The maximum atomic E-state index is 11.9. The lowest BCUT2D eigenvalue weighted by Gasteiger charge is -2.11. The Morgan fingerprint density at radius 3 is 2.32 bits per heavy atom. The Hall–Kier alpha value is -2.24. The van der Waals surface area contributed by atoms with Gasteiger partial charge in [0.15, 0.2) is 0 Å². The molecule has 0 aliphatic heterocycles. The van der Waals surface area contributed by atoms with Crippen LogP contribution in [0.25, 0.3) is 0 Å². The van der Waals surface area contributed by atoms with Crippen LogP contribution in [0.5, 0.6) is 0 Å². The number of carbonyl (C=O) groups is 2. The van der Waals surface area contributed by atoms with Crippen molar-refractivity contribution in [3.63, 3.8) is 0 Å². The molecule has 0 aliphatic rings. The summed E-state index contributed by atoms with van der Waals surface area (Å²) in [7, 11) is 0. The summed E-state index contributed by atoms with van der Waals surface area (Å²) in [4.78, 5) is 22.8. The largest absolute Gasteiger partial charge is 0.478 e. The van der Waals surface area contributed by atoms with Crippen LogP contribution < -0.4 is 10.6 Å². The standard InChI is InChI=1S/C15H12Cl2N2O3/c1-8-6-9(14(20)21)2-5-13(8)19-15(22)18-10-3-4-11(16)12(17)7-10/h2-7H,1H3,(H,20,21)(H2,18,19,22). The van der Waals surface area contributed by atoms with Crippen LogP contribution in [0.1, 0.15) is 15.9 Å². The normalized spacial score (nSPS) is 10.1. The topological polar surface area (TPSA) is 78.4 Å². The molecule has 0 spiro atoms. The minimum absolute atomic E-state index is 0.160. The molecule has 0 fully saturated rings. The number of carbonyl (C=O) groups excluding carboxylic acids is 1. The highest BCUT2D eigenvalue weighted by Gasteiger charge is 2.09. The van der Waals surface area contributed by atoms with Gasteiger partial charge in [-0.15, -0.1) is 0 Å². The first-order valence-corrected chi connectivity index (χ1v) is 6.99. The van der Waals surface area contributed by atoms with Crippen molar-refractivity contribution in [3.8, 4) is 0 Å². The summed E-state index contributed by atoms with van der Waals surface area (Å²) in [5.74, 6) is -1.02. The molecule has 0 aromatic heterocycles. The van der Waals surface area contributed by atoms with E-state index in [4.69, 9.17) is 28.3 Å². The van der Waals surface area contributed by atoms with E-state index in [0.717, 1.165) is 0 Å². The van der Waals surface area contributed by atoms with Crippen LogP contribution >= 0.6 is 23.2 Å². The number of nitrogens with one attached hydrogen (secondary N) is 2. The van der Waals surface area contributed by atoms with Crippen molar-refractivity contribution < 1.29 is 14.7 Å². The summed E-state index contributed by atoms with van der Waals surface area (Å²) in [5, 5.41) is 14.9. The third-order valence-corrected chi connectivity index (χ3v) is 3.64. The Morgan fingerprint density at radius 1 is 1.00 bits per heavy atom. The van der Waals surface area contributed by atoms with Gasteiger partial charge in [-0.2, -0.15) is 0 Å². The number of aromatic carboxylic acids is 1. The molecular formula is C15H12Cl2N2O3. The molecule has 114 valence electrons. The summed E-state index contributed by atoms with van der Waals surface area (Å²) in [6.07, 6.45) is 0. The lowest BCUT2D eigenvalue weighted by Crippen LogP contribution is -2.20. The molecule has 2 amide bonds. The highest BCUT2D eigenvalue weighted by atomic mass is 35.5. The Kier molecular flexibility index (Phi) is 4.90. The molecule has 5 nitrogen and oxygen atoms in total. The number of urea groups is 1. The van der Waals surface area contributed by atoms with Gasteiger partial charge in [0.05, 0.1) is 15.6 Å². The molecule has 0 heterocycles. The van der Waals surface area contributed by atoms with Crippen LogP contribution in [-0.2, 0) is 0 Å². The monoisotopic (exact) mass is 338 g/mol. The zero-order valence-electron chi connectivity index (χ0n) is 11.5. The molecule has 0 atom stereocenters. The van der Waals surface area contributed by atoms with Gasteiger partial charge >= 0.3 is 12.0 Å². The maximum absolute atomic E-state index is 11.9. The Labute approximate surface area is 136 Å². The molecule has 22 heavy (non-hydrogen) atoms. The lowest BCUT2D eigenvalue weighted by atomic mass is 10.1. The van der Waals surface area contributed by atoms with Gasteiger partial charge in [-0.25, -0.2) is 9.59 Å². The molecule has 0 bridgehead atoms. The van der Waals surface area contributed by atoms with Crippen molar-refractivity contribution in [2.45, 2.75) is 6.92 Å². The zero-order chi connectivity index (χ0) is 16.3. The summed E-state index contributed by atoms with van der Waals surface area (Å²) < 4.78 is 0. The fraction of sp³-hybridized carbons (Fsp3) is 0.0667. The molecule has 2 rings (SSSR count). The SMILES string of the molecule is Cc1cc(C(=O)O)ccc1NC(=O)Nc1ccc(Cl)c(Cl)c1. The first-order chi connectivity index (χ1) is 10.4. The number of rotatable bonds is 3. The summed E-state index contributed by atoms with van der Waals surface area (Å²) >= 11 is 11.7. The average Bonchev–Trinajstić information content (AvgIpc) is 2.45. The van der Waals surface area contributed by atoms with Gasteiger partial charge in [0.25, 0.3) is 0 Å². The molecule has 7 heteroatoms. The van der Waals surface area contributed by atoms with Gasteiger partial charge in [-0.3, -0.25) is 0 Å². The van der Waals surface area contributed by atoms with Crippen LogP contribution in [0.4, 0.5) is 16.2 Å². The van der Waals surface area contributed by atoms with E-state index in [1.807, 2.05) is 0 Å². The molecule has 0 saturated heterocycles. The smallest absolute Gasteiger partial charge is 0.335 e. The Morgan fingerprint density at radius 2 is 1.73 bits per heavy atom. The van der Waals surface area contributed by atoms with E-state index >= 15 is 0 Å². The van der Waals surface area contributed by atoms with Crippen LogP contribution in [0.15, 0.2) is 36.4 Å². The summed E-state index contributed by atoms with van der Waals surface area (Å²) in [5.41, 5.74) is 1.81. The third-order valence-electron chi connectivity index (χ3n) is 2.90. The summed E-state index contributed by atoms with van der Waals surface area (Å²) in [6.45, 7) is 1.71. The molecule has 2 aromatic rings. The second-order valence-electron chi connectivity index (χ2n) is 4.54. The van der Waals surface area contributed by atoms with Crippen molar-refractivity contribution in [3.05, 3.63) is 57.6 Å². The van der Waals surface area contributed by atoms with Crippen molar-refractivity contribution in [1.82, 2.24) is 0 Å². The minimum atomic E-state index is -1.02. The van der Waals surface area contributed by atoms with Gasteiger partial charge in [0, 0.05) is 11.4 Å². The number of carboxylic acids is 1. The molecule has 0 unspecified atom stereocenters. The van der Waals surface area contributed by atoms with Crippen LogP contribution in [0.2, 0.25) is 10.0 Å². The van der Waals surface area contributed by atoms with Crippen molar-refractivity contribution in [2.24, 2.45) is 0 Å². The van der Waals surface area contributed by atoms with Crippen LogP contribution in [-0.4, -0.2) is 17.1 Å². The number of halogens is 2. The van der Waals surface area contributed by atoms with Crippen molar-refractivity contribution in [1.29, 1.82) is 0 Å². The van der Waals surface area contributed by atoms with E-state index < -0.39 is 12.0 Å². The predicted octanol–water partition coefficient (Wildman–Crippen LogP) is 4.64. The number of hydrogen-bond acceptors (Lipinski definition) is 2. The van der Waals surface area contributed by atoms with Gasteiger partial charge in [-0.05, 0) is 48.9 Å². The van der Waals surface area contributed by atoms with Crippen molar-refractivity contribution >= 4 is 46.6 Å². The van der Waals surface area contributed by atoms with E-state index in [9.17, 15) is 9.59 Å². The number of anilines is 2. The minimum Gasteiger partial charge on any atom is -0.478 e. The number of benzene rings is 2. The van der Waals surface area contributed by atoms with Gasteiger partial charge in [0.2, 0.25) is 0 Å². The quantitative estimate of drug-likeness (QED) is 0.762. The first-order valence-electron chi connectivity index (χ1n) is 6.24. The van der Waals surface area contributed by atoms with E-state index in [1.165, 1.54) is 24.3 Å². The zero-order valence-corrected chi connectivity index (χ0v) is 13.0. The fourth-order valence-corrected chi connectivity index (χ4v) is 2.09. The second-order valence-corrected chi connectivity index (χ2v) is 5.36. The van der Waals surface area contributed by atoms with E-state index in [0.29, 0.717) is 27.0 Å². The van der Waals surface area contributed by atoms with Crippen LogP contribution in [0, 0.1) is 6.92 Å². The Balaban J connectivity index is 2.08. The number of carboxylic acid groups (broad SMARTS) is 1. The third kappa shape index (κ3) is 3.90. The summed E-state index contributed by atoms with van der Waals surface area (Å²) in [6, 6.07) is 8.70. The second kappa shape index (κ2) is 6.68. The Bertz CT molecular complexity index is 748. The molecule has 2 aromatic carbocycles. The lowest BCUT2D eigenvalue weighted by molar-refractivity contribution is 0.0697. The van der Waals surface area contributed by atoms with Gasteiger partial charge in [0.1, 0.15) is 0 Å². The average molecular weight is 339 g/mol. The molecule has 0 aliphatic carbocycles. The number of aryl methyl sites for hydroxylation is 1. The van der Waals surface area contributed by atoms with Gasteiger partial charge < -0.3 is 15.7 Å². The number of hydrogen-bond donors (Lipinski definition) is 3.